The largest absolute Gasteiger partial charge is 0.313 e. The van der Waals surface area contributed by atoms with Gasteiger partial charge in [0, 0.05) is 67.2 Å². The third kappa shape index (κ3) is 4.39. The minimum Gasteiger partial charge on any atom is -0.313 e. The quantitative estimate of drug-likeness (QED) is 0.175. The third-order valence-corrected chi connectivity index (χ3v) is 13.3. The molecule has 290 valence electrons. The van der Waals surface area contributed by atoms with Crippen molar-refractivity contribution >= 4 is 98.3 Å². The molecule has 14 rings (SSSR count). The Morgan fingerprint density at radius 2 is 0.661 bits per heavy atom. The van der Waals surface area contributed by atoms with Crippen LogP contribution in [0.4, 0.5) is 0 Å². The summed E-state index contributed by atoms with van der Waals surface area (Å²) in [5, 5.41) is 9.77. The number of hydrogen-bond acceptors (Lipinski definition) is 1. The van der Waals surface area contributed by atoms with Gasteiger partial charge in [0.25, 0.3) is 0 Å². The summed E-state index contributed by atoms with van der Waals surface area (Å²) in [6, 6.07) is 72.9. The van der Waals surface area contributed by atoms with Gasteiger partial charge in [0.05, 0.1) is 55.2 Å². The van der Waals surface area contributed by atoms with E-state index in [1.54, 1.807) is 0 Å². The summed E-state index contributed by atoms with van der Waals surface area (Å²) in [6.45, 7) is 0. The first-order valence-electron chi connectivity index (χ1n) is 21.2. The zero-order valence-electron chi connectivity index (χ0n) is 33.7. The van der Waals surface area contributed by atoms with Crippen molar-refractivity contribution in [2.45, 2.75) is 0 Å². The van der Waals surface area contributed by atoms with Gasteiger partial charge in [0.1, 0.15) is 0 Å². The van der Waals surface area contributed by atoms with E-state index in [4.69, 9.17) is 4.98 Å². The molecule has 5 heterocycles. The first-order valence-corrected chi connectivity index (χ1v) is 21.2. The minimum absolute atomic E-state index is 0.882. The highest BCUT2D eigenvalue weighted by atomic mass is 15.2. The summed E-state index contributed by atoms with van der Waals surface area (Å²) in [4.78, 5) is 5.32. The Balaban J connectivity index is 1.17. The number of aryl methyl sites for hydroxylation is 1. The predicted octanol–water partition coefficient (Wildman–Crippen LogP) is 14.0. The van der Waals surface area contributed by atoms with Crippen LogP contribution in [0.25, 0.3) is 121 Å². The Labute approximate surface area is 354 Å². The van der Waals surface area contributed by atoms with Crippen molar-refractivity contribution in [3.63, 3.8) is 0 Å². The maximum Gasteiger partial charge on any atom is 0.215 e. The molecule has 0 bridgehead atoms. The van der Waals surface area contributed by atoms with Gasteiger partial charge in [0.2, 0.25) is 5.95 Å². The molecule has 0 fully saturated rings. The molecule has 14 aromatic rings. The number of fused-ring (bicyclic) bond motifs is 14. The molecule has 0 N–H and O–H groups in total. The molecular weight excluding hydrogens is 757 g/mol. The summed E-state index contributed by atoms with van der Waals surface area (Å²) in [5.41, 5.74) is 14.7. The molecule has 9 aromatic carbocycles. The molecule has 0 saturated heterocycles. The number of imidazole rings is 1. The molecule has 0 aliphatic carbocycles. The second-order valence-electron chi connectivity index (χ2n) is 16.5. The van der Waals surface area contributed by atoms with Crippen molar-refractivity contribution in [2.24, 2.45) is 7.05 Å². The highest BCUT2D eigenvalue weighted by Crippen LogP contribution is 2.45. The highest BCUT2D eigenvalue weighted by Gasteiger charge is 2.25. The fourth-order valence-corrected chi connectivity index (χ4v) is 10.7. The molecule has 0 amide bonds. The Bertz CT molecular complexity index is 4060. The molecular formula is C56H36N6. The average Bonchev–Trinajstić information content (AvgIpc) is 4.11. The number of nitrogens with zero attached hydrogens (tertiary/aromatic N) is 6. The van der Waals surface area contributed by atoms with Gasteiger partial charge in [-0.05, 0) is 97.1 Å². The van der Waals surface area contributed by atoms with Gasteiger partial charge >= 0.3 is 0 Å². The molecule has 0 atom stereocenters. The van der Waals surface area contributed by atoms with E-state index in [1.807, 2.05) is 0 Å². The lowest BCUT2D eigenvalue weighted by Crippen LogP contribution is -2.03. The molecule has 0 saturated carbocycles. The zero-order chi connectivity index (χ0) is 40.6. The molecule has 0 unspecified atom stereocenters. The van der Waals surface area contributed by atoms with Gasteiger partial charge in [-0.25, -0.2) is 4.98 Å². The van der Waals surface area contributed by atoms with Crippen molar-refractivity contribution in [1.29, 1.82) is 0 Å². The number of rotatable bonds is 4. The standard InChI is InChI=1S/C56H36N6/c1-58-51-26-14-9-21-44(51)57-56(58)62-50-30-28-37(61-47-24-12-7-19-40(47)41-20-8-13-25-48(41)61)34-43(50)55-53(62)32-31-52-54(55)42-33-36(27-29-49(42)59(52)35-15-3-2-4-16-35)60-45-22-10-5-17-38(45)39-18-6-11-23-46(39)60/h2-34H,1H3. The van der Waals surface area contributed by atoms with Crippen molar-refractivity contribution in [3.8, 4) is 23.0 Å². The van der Waals surface area contributed by atoms with E-state index in [2.05, 4.69) is 230 Å². The lowest BCUT2D eigenvalue weighted by atomic mass is 10.0. The summed E-state index contributed by atoms with van der Waals surface area (Å²) in [7, 11) is 2.13. The van der Waals surface area contributed by atoms with Gasteiger partial charge < -0.3 is 18.3 Å². The van der Waals surface area contributed by atoms with E-state index < -0.39 is 0 Å². The van der Waals surface area contributed by atoms with Gasteiger partial charge in [0.15, 0.2) is 0 Å². The van der Waals surface area contributed by atoms with Crippen LogP contribution in [0.15, 0.2) is 200 Å². The van der Waals surface area contributed by atoms with Crippen LogP contribution in [0.2, 0.25) is 0 Å². The Morgan fingerprint density at radius 1 is 0.290 bits per heavy atom. The molecule has 0 aliphatic rings. The van der Waals surface area contributed by atoms with E-state index in [0.29, 0.717) is 0 Å². The molecule has 0 spiro atoms. The zero-order valence-corrected chi connectivity index (χ0v) is 33.7. The van der Waals surface area contributed by atoms with Crippen LogP contribution in [0.3, 0.4) is 0 Å². The number of aromatic nitrogens is 6. The van der Waals surface area contributed by atoms with Crippen LogP contribution in [-0.4, -0.2) is 27.8 Å². The lowest BCUT2D eigenvalue weighted by Gasteiger charge is -2.10. The number of hydrogen-bond donors (Lipinski definition) is 0. The SMILES string of the molecule is Cn1c(-n2c3ccc(-n4c5ccccc5c5ccccc54)cc3c3c4c5cc(-n6c7ccccc7c7ccccc76)ccc5n(-c5ccccc5)c4ccc32)nc2ccccc21. The molecule has 0 aliphatic heterocycles. The molecule has 6 nitrogen and oxygen atoms in total. The van der Waals surface area contributed by atoms with Crippen molar-refractivity contribution in [3.05, 3.63) is 200 Å². The van der Waals surface area contributed by atoms with Crippen LogP contribution in [0.5, 0.6) is 0 Å². The molecule has 5 aromatic heterocycles. The molecule has 6 heteroatoms. The fraction of sp³-hybridized carbons (Fsp3) is 0.0179. The lowest BCUT2D eigenvalue weighted by molar-refractivity contribution is 0.870. The van der Waals surface area contributed by atoms with E-state index in [-0.39, 0.29) is 0 Å². The number of para-hydroxylation sites is 7. The van der Waals surface area contributed by atoms with Gasteiger partial charge in [-0.2, -0.15) is 0 Å². The first kappa shape index (κ1) is 33.5. The molecule has 62 heavy (non-hydrogen) atoms. The summed E-state index contributed by atoms with van der Waals surface area (Å²) in [6.07, 6.45) is 0. The third-order valence-electron chi connectivity index (χ3n) is 13.3. The first-order chi connectivity index (χ1) is 30.7. The van der Waals surface area contributed by atoms with Crippen LogP contribution in [0, 0.1) is 0 Å². The van der Waals surface area contributed by atoms with Crippen LogP contribution in [-0.2, 0) is 7.05 Å². The second kappa shape index (κ2) is 12.3. The topological polar surface area (TPSA) is 37.5 Å². The monoisotopic (exact) mass is 792 g/mol. The normalized spacial score (nSPS) is 12.3. The highest BCUT2D eigenvalue weighted by molar-refractivity contribution is 6.29. The van der Waals surface area contributed by atoms with Crippen molar-refractivity contribution in [1.82, 2.24) is 27.8 Å². The van der Waals surface area contributed by atoms with Gasteiger partial charge in [-0.1, -0.05) is 103 Å². The number of benzene rings is 9. The average molecular weight is 793 g/mol. The fourth-order valence-electron chi connectivity index (χ4n) is 10.7. The van der Waals surface area contributed by atoms with Crippen LogP contribution in [0.1, 0.15) is 0 Å². The Hall–Kier alpha value is -8.35. The van der Waals surface area contributed by atoms with Gasteiger partial charge in [-0.15, -0.1) is 0 Å². The van der Waals surface area contributed by atoms with Crippen LogP contribution < -0.4 is 0 Å². The predicted molar refractivity (Wildman–Crippen MR) is 258 cm³/mol. The van der Waals surface area contributed by atoms with Crippen molar-refractivity contribution in [2.75, 3.05) is 0 Å². The van der Waals surface area contributed by atoms with E-state index in [0.717, 1.165) is 56.1 Å². The van der Waals surface area contributed by atoms with E-state index >= 15 is 0 Å². The summed E-state index contributed by atoms with van der Waals surface area (Å²) < 4.78 is 11.9. The van der Waals surface area contributed by atoms with E-state index in [9.17, 15) is 0 Å². The molecule has 0 radical (unpaired) electrons. The maximum atomic E-state index is 5.32. The summed E-state index contributed by atoms with van der Waals surface area (Å²) in [5.74, 6) is 0.882. The summed E-state index contributed by atoms with van der Waals surface area (Å²) >= 11 is 0. The van der Waals surface area contributed by atoms with Crippen molar-refractivity contribution < 1.29 is 0 Å². The smallest absolute Gasteiger partial charge is 0.215 e. The van der Waals surface area contributed by atoms with Gasteiger partial charge in [-0.3, -0.25) is 4.57 Å². The maximum absolute atomic E-state index is 5.32. The van der Waals surface area contributed by atoms with Crippen LogP contribution >= 0.6 is 0 Å². The Kier molecular flexibility index (Phi) is 6.67. The Morgan fingerprint density at radius 3 is 1.16 bits per heavy atom. The minimum atomic E-state index is 0.882. The second-order valence-corrected chi connectivity index (χ2v) is 16.5. The van der Waals surface area contributed by atoms with E-state index in [1.165, 1.54) is 65.2 Å².